The minimum atomic E-state index is -0.675. The number of urea groups is 2. The number of aromatic hydroxyl groups is 1. The minimum absolute atomic E-state index is 0.264. The molecule has 4 N–H and O–H groups in total. The molecule has 148 valence electrons. The van der Waals surface area contributed by atoms with Gasteiger partial charge in [-0.05, 0) is 61.7 Å². The van der Waals surface area contributed by atoms with Gasteiger partial charge in [-0.15, -0.1) is 0 Å². The second-order valence-electron chi connectivity index (χ2n) is 6.94. The maximum Gasteiger partial charge on any atom is 0.338 e. The van der Waals surface area contributed by atoms with Crippen LogP contribution in [-0.2, 0) is 6.42 Å². The van der Waals surface area contributed by atoms with E-state index in [2.05, 4.69) is 32.0 Å². The molecular formula is C19H20BrFN4O3. The zero-order valence-electron chi connectivity index (χ0n) is 15.1. The molecule has 28 heavy (non-hydrogen) atoms. The van der Waals surface area contributed by atoms with Crippen molar-refractivity contribution < 1.29 is 19.1 Å². The molecule has 0 radical (unpaired) electrons. The molecule has 0 aliphatic carbocycles. The molecule has 4 amide bonds. The van der Waals surface area contributed by atoms with Crippen molar-refractivity contribution in [2.75, 3.05) is 11.9 Å². The van der Waals surface area contributed by atoms with Crippen LogP contribution in [0.25, 0.3) is 0 Å². The van der Waals surface area contributed by atoms with E-state index in [1.807, 2.05) is 6.92 Å². The van der Waals surface area contributed by atoms with Gasteiger partial charge in [0.15, 0.2) is 11.6 Å². The van der Waals surface area contributed by atoms with Crippen LogP contribution < -0.4 is 16.1 Å². The van der Waals surface area contributed by atoms with E-state index in [9.17, 15) is 19.1 Å². The average molecular weight is 451 g/mol. The van der Waals surface area contributed by atoms with Gasteiger partial charge in [0, 0.05) is 10.2 Å². The molecule has 0 saturated carbocycles. The van der Waals surface area contributed by atoms with Crippen molar-refractivity contribution in [3.05, 3.63) is 58.3 Å². The Labute approximate surface area is 170 Å². The highest BCUT2D eigenvalue weighted by Crippen LogP contribution is 2.23. The van der Waals surface area contributed by atoms with E-state index in [4.69, 9.17) is 0 Å². The van der Waals surface area contributed by atoms with Gasteiger partial charge in [-0.3, -0.25) is 0 Å². The highest BCUT2D eigenvalue weighted by atomic mass is 79.9. The summed E-state index contributed by atoms with van der Waals surface area (Å²) in [6.07, 6.45) is 1.04. The number of anilines is 1. The largest absolute Gasteiger partial charge is 0.505 e. The molecule has 3 rings (SSSR count). The van der Waals surface area contributed by atoms with Gasteiger partial charge >= 0.3 is 12.1 Å². The first kappa shape index (κ1) is 19.9. The zero-order valence-corrected chi connectivity index (χ0v) is 16.7. The topological polar surface area (TPSA) is 93.7 Å². The average Bonchev–Trinajstić information content (AvgIpc) is 2.92. The van der Waals surface area contributed by atoms with E-state index < -0.39 is 29.2 Å². The Morgan fingerprint density at radius 3 is 2.71 bits per heavy atom. The fraction of sp³-hybridized carbons (Fsp3) is 0.263. The van der Waals surface area contributed by atoms with E-state index in [0.717, 1.165) is 4.47 Å². The normalized spacial score (nSPS) is 18.7. The maximum absolute atomic E-state index is 13.5. The van der Waals surface area contributed by atoms with Gasteiger partial charge in [-0.2, -0.15) is 0 Å². The van der Waals surface area contributed by atoms with Gasteiger partial charge in [0.1, 0.15) is 0 Å². The van der Waals surface area contributed by atoms with Crippen molar-refractivity contribution in [2.24, 2.45) is 0 Å². The van der Waals surface area contributed by atoms with Crippen molar-refractivity contribution in [3.8, 4) is 5.75 Å². The van der Waals surface area contributed by atoms with E-state index in [0.29, 0.717) is 24.1 Å². The highest BCUT2D eigenvalue weighted by molar-refractivity contribution is 9.10. The Bertz CT molecular complexity index is 893. The number of hydrogen-bond donors (Lipinski definition) is 4. The van der Waals surface area contributed by atoms with E-state index in [1.54, 1.807) is 30.3 Å². The molecule has 1 heterocycles. The van der Waals surface area contributed by atoms with E-state index in [-0.39, 0.29) is 6.54 Å². The quantitative estimate of drug-likeness (QED) is 0.558. The van der Waals surface area contributed by atoms with Gasteiger partial charge in [0.2, 0.25) is 0 Å². The van der Waals surface area contributed by atoms with Crippen LogP contribution in [0.3, 0.4) is 0 Å². The van der Waals surface area contributed by atoms with Gasteiger partial charge in [0.25, 0.3) is 0 Å². The van der Waals surface area contributed by atoms with Crippen LogP contribution in [-0.4, -0.2) is 34.3 Å². The Morgan fingerprint density at radius 2 is 2.04 bits per heavy atom. The maximum atomic E-state index is 13.5. The summed E-state index contributed by atoms with van der Waals surface area (Å²) in [5, 5.41) is 16.0. The number of benzene rings is 2. The first-order chi connectivity index (χ1) is 13.2. The molecule has 1 fully saturated rings. The fourth-order valence-corrected chi connectivity index (χ4v) is 3.22. The van der Waals surface area contributed by atoms with Crippen LogP contribution in [0, 0.1) is 5.82 Å². The highest BCUT2D eigenvalue weighted by Gasteiger charge is 2.39. The Kier molecular flexibility index (Phi) is 5.73. The molecule has 1 atom stereocenters. The standard InChI is InChI=1S/C19H20BrFN4O3/c1-19(9-8-12-2-7-16(26)15(21)10-12)11-25(18(28)23-19)24-17(27)22-14-5-3-13(20)4-6-14/h2-7,10,26H,8-9,11H2,1H3,(H,23,28)(H2,22,24,27). The number of rotatable bonds is 5. The third-order valence-electron chi connectivity index (χ3n) is 4.48. The lowest BCUT2D eigenvalue weighted by atomic mass is 9.94. The zero-order chi connectivity index (χ0) is 20.3. The number of carbonyl (C=O) groups excluding carboxylic acids is 2. The molecule has 2 aromatic rings. The predicted octanol–water partition coefficient (Wildman–Crippen LogP) is 3.75. The lowest BCUT2D eigenvalue weighted by Crippen LogP contribution is -2.46. The second kappa shape index (κ2) is 8.05. The Balaban J connectivity index is 1.54. The summed E-state index contributed by atoms with van der Waals surface area (Å²) in [6, 6.07) is 10.3. The van der Waals surface area contributed by atoms with Crippen molar-refractivity contribution in [1.82, 2.24) is 15.8 Å². The molecule has 1 unspecified atom stereocenters. The molecule has 0 aromatic heterocycles. The Hall–Kier alpha value is -2.81. The Morgan fingerprint density at radius 1 is 1.32 bits per heavy atom. The molecule has 2 aromatic carbocycles. The van der Waals surface area contributed by atoms with Crippen molar-refractivity contribution in [1.29, 1.82) is 0 Å². The number of phenolic OH excluding ortho intramolecular Hbond substituents is 1. The molecular weight excluding hydrogens is 431 g/mol. The molecule has 9 heteroatoms. The van der Waals surface area contributed by atoms with Crippen LogP contribution in [0.5, 0.6) is 5.75 Å². The SMILES string of the molecule is CC1(CCc2ccc(O)c(F)c2)CN(NC(=O)Nc2ccc(Br)cc2)C(=O)N1. The summed E-state index contributed by atoms with van der Waals surface area (Å²) in [5.41, 5.74) is 3.25. The number of aryl methyl sites for hydroxylation is 1. The number of amides is 4. The van der Waals surface area contributed by atoms with Crippen LogP contribution in [0.15, 0.2) is 46.9 Å². The lowest BCUT2D eigenvalue weighted by Gasteiger charge is -2.23. The third-order valence-corrected chi connectivity index (χ3v) is 5.01. The lowest BCUT2D eigenvalue weighted by molar-refractivity contribution is 0.189. The minimum Gasteiger partial charge on any atom is -0.505 e. The van der Waals surface area contributed by atoms with Crippen LogP contribution in [0.1, 0.15) is 18.9 Å². The van der Waals surface area contributed by atoms with E-state index in [1.165, 1.54) is 17.1 Å². The van der Waals surface area contributed by atoms with Crippen LogP contribution >= 0.6 is 15.9 Å². The molecule has 0 spiro atoms. The number of hydrazine groups is 1. The second-order valence-corrected chi connectivity index (χ2v) is 7.85. The molecule has 1 aliphatic heterocycles. The van der Waals surface area contributed by atoms with Gasteiger partial charge in [0.05, 0.1) is 12.1 Å². The van der Waals surface area contributed by atoms with Gasteiger partial charge < -0.3 is 15.7 Å². The first-order valence-electron chi connectivity index (χ1n) is 8.64. The monoisotopic (exact) mass is 450 g/mol. The third kappa shape index (κ3) is 4.92. The van der Waals surface area contributed by atoms with Crippen molar-refractivity contribution in [3.63, 3.8) is 0 Å². The van der Waals surface area contributed by atoms with E-state index >= 15 is 0 Å². The van der Waals surface area contributed by atoms with Crippen molar-refractivity contribution in [2.45, 2.75) is 25.3 Å². The summed E-state index contributed by atoms with van der Waals surface area (Å²) >= 11 is 3.32. The smallest absolute Gasteiger partial charge is 0.338 e. The summed E-state index contributed by atoms with van der Waals surface area (Å²) in [7, 11) is 0. The molecule has 0 bridgehead atoms. The van der Waals surface area contributed by atoms with Crippen LogP contribution in [0.4, 0.5) is 19.7 Å². The molecule has 1 aliphatic rings. The summed E-state index contributed by atoms with van der Waals surface area (Å²) in [4.78, 5) is 24.3. The molecule has 1 saturated heterocycles. The summed E-state index contributed by atoms with van der Waals surface area (Å²) in [6.45, 7) is 2.12. The fourth-order valence-electron chi connectivity index (χ4n) is 2.96. The van der Waals surface area contributed by atoms with Crippen molar-refractivity contribution >= 4 is 33.7 Å². The summed E-state index contributed by atoms with van der Waals surface area (Å²) < 4.78 is 14.3. The number of nitrogens with zero attached hydrogens (tertiary/aromatic N) is 1. The van der Waals surface area contributed by atoms with Crippen LogP contribution in [0.2, 0.25) is 0 Å². The van der Waals surface area contributed by atoms with Gasteiger partial charge in [-0.1, -0.05) is 22.0 Å². The number of nitrogens with one attached hydrogen (secondary N) is 3. The number of hydrogen-bond acceptors (Lipinski definition) is 3. The van der Waals surface area contributed by atoms with Gasteiger partial charge in [-0.25, -0.2) is 24.4 Å². The number of carbonyl (C=O) groups is 2. The number of phenols is 1. The predicted molar refractivity (Wildman–Crippen MR) is 106 cm³/mol. The number of halogens is 2. The molecule has 7 nitrogen and oxygen atoms in total. The first-order valence-corrected chi connectivity index (χ1v) is 9.44. The summed E-state index contributed by atoms with van der Waals surface area (Å²) in [5.74, 6) is -1.07.